The molecular weight excluding hydrogens is 903 g/mol. The standard InChI is InChI=1S/C36H57N5O2.2C6H8O7/c1-5-9-21-40(22-10-6-2)25-13-19-37-35(42)29-15-17-33-31(27-29)32-28-30(16-18-34(32)39-33)36(43)38-20-14-26-41(23-11-7-3)24-12-8-4;2*7-3(8)1-6(13,5(11)12)2-4(9)10/h15-18,27-28,39H,5-14,19-26H2,1-4H3,(H,37,42)(H,38,43);2*13H,1-2H2,(H,7,8)(H,9,10)(H,11,12). The summed E-state index contributed by atoms with van der Waals surface area (Å²) in [4.78, 5) is 95.5. The van der Waals surface area contributed by atoms with Gasteiger partial charge in [-0.3, -0.25) is 28.8 Å². The van der Waals surface area contributed by atoms with Gasteiger partial charge in [0.2, 0.25) is 0 Å². The zero-order valence-electron chi connectivity index (χ0n) is 40.3. The number of aromatic nitrogens is 1. The molecule has 3 aromatic rings. The first kappa shape index (κ1) is 60.9. The average molecular weight is 976 g/mol. The number of nitrogens with one attached hydrogen (secondary N) is 3. The highest BCUT2D eigenvalue weighted by molar-refractivity contribution is 6.12. The van der Waals surface area contributed by atoms with E-state index >= 15 is 0 Å². The first-order valence-electron chi connectivity index (χ1n) is 23.4. The van der Waals surface area contributed by atoms with Crippen LogP contribution in [0.4, 0.5) is 0 Å². The smallest absolute Gasteiger partial charge is 0.336 e. The molecule has 2 amide bonds. The third kappa shape index (κ3) is 23.1. The van der Waals surface area contributed by atoms with Crippen molar-refractivity contribution < 1.29 is 79.2 Å². The highest BCUT2D eigenvalue weighted by Crippen LogP contribution is 2.27. The molecule has 0 bridgehead atoms. The van der Waals surface area contributed by atoms with Gasteiger partial charge in [0.1, 0.15) is 0 Å². The molecule has 0 saturated heterocycles. The van der Waals surface area contributed by atoms with E-state index in [1.165, 1.54) is 51.4 Å². The van der Waals surface area contributed by atoms with Gasteiger partial charge in [-0.25, -0.2) is 9.59 Å². The van der Waals surface area contributed by atoms with E-state index in [0.717, 1.165) is 73.9 Å². The Morgan fingerprint density at radius 1 is 0.464 bits per heavy atom. The van der Waals surface area contributed by atoms with E-state index in [1.54, 1.807) is 0 Å². The van der Waals surface area contributed by atoms with E-state index in [9.17, 15) is 38.4 Å². The van der Waals surface area contributed by atoms with Gasteiger partial charge >= 0.3 is 35.8 Å². The maximum atomic E-state index is 13.0. The minimum atomic E-state index is -2.74. The summed E-state index contributed by atoms with van der Waals surface area (Å²) >= 11 is 0. The second kappa shape index (κ2) is 31.8. The molecule has 0 radical (unpaired) electrons. The third-order valence-electron chi connectivity index (χ3n) is 10.9. The molecule has 0 aliphatic carbocycles. The van der Waals surface area contributed by atoms with Crippen LogP contribution in [0.25, 0.3) is 21.8 Å². The number of aromatic amines is 1. The quantitative estimate of drug-likeness (QED) is 0.0372. The van der Waals surface area contributed by atoms with Gasteiger partial charge in [-0.05, 0) is 114 Å². The van der Waals surface area contributed by atoms with Crippen LogP contribution in [0, 0.1) is 0 Å². The summed E-state index contributed by atoms with van der Waals surface area (Å²) in [5, 5.41) is 75.8. The number of carbonyl (C=O) groups excluding carboxylic acids is 2. The average Bonchev–Trinajstić information content (AvgIpc) is 3.64. The highest BCUT2D eigenvalue weighted by Gasteiger charge is 2.41. The molecule has 0 spiro atoms. The largest absolute Gasteiger partial charge is 0.481 e. The number of aliphatic carboxylic acids is 6. The van der Waals surface area contributed by atoms with Gasteiger partial charge in [-0.1, -0.05) is 53.4 Å². The lowest BCUT2D eigenvalue weighted by molar-refractivity contribution is -0.170. The van der Waals surface area contributed by atoms with Crippen molar-refractivity contribution in [2.24, 2.45) is 0 Å². The molecule has 69 heavy (non-hydrogen) atoms. The minimum absolute atomic E-state index is 0.0502. The number of hydrogen-bond donors (Lipinski definition) is 11. The van der Waals surface area contributed by atoms with E-state index in [0.29, 0.717) is 24.2 Å². The highest BCUT2D eigenvalue weighted by atomic mass is 16.4. The molecule has 0 aliphatic heterocycles. The second-order valence-corrected chi connectivity index (χ2v) is 16.9. The van der Waals surface area contributed by atoms with Crippen molar-refractivity contribution in [3.05, 3.63) is 47.5 Å². The molecule has 1 heterocycles. The molecule has 0 fully saturated rings. The number of amides is 2. The van der Waals surface area contributed by atoms with Crippen LogP contribution in [-0.4, -0.2) is 167 Å². The van der Waals surface area contributed by atoms with Crippen LogP contribution in [0.3, 0.4) is 0 Å². The molecule has 1 aromatic heterocycles. The molecule has 0 aliphatic rings. The molecule has 2 aromatic carbocycles. The van der Waals surface area contributed by atoms with E-state index < -0.39 is 72.7 Å². The minimum Gasteiger partial charge on any atom is -0.481 e. The van der Waals surface area contributed by atoms with Crippen LogP contribution >= 0.6 is 0 Å². The number of carboxylic acid groups (broad SMARTS) is 6. The van der Waals surface area contributed by atoms with Crippen LogP contribution in [0.5, 0.6) is 0 Å². The zero-order chi connectivity index (χ0) is 52.2. The molecule has 0 atom stereocenters. The Bertz CT molecular complexity index is 1950. The summed E-state index contributed by atoms with van der Waals surface area (Å²) in [6.45, 7) is 16.8. The van der Waals surface area contributed by atoms with Gasteiger partial charge < -0.3 is 66.3 Å². The maximum absolute atomic E-state index is 13.0. The van der Waals surface area contributed by atoms with Gasteiger partial charge in [0, 0.05) is 46.0 Å². The Labute approximate surface area is 401 Å². The molecule has 0 saturated carbocycles. The maximum Gasteiger partial charge on any atom is 0.336 e. The summed E-state index contributed by atoms with van der Waals surface area (Å²) in [6.07, 6.45) is 7.04. The van der Waals surface area contributed by atoms with E-state index in [4.69, 9.17) is 40.9 Å². The molecule has 3 rings (SSSR count). The van der Waals surface area contributed by atoms with E-state index in [1.807, 2.05) is 36.4 Å². The lowest BCUT2D eigenvalue weighted by Crippen LogP contribution is -2.42. The monoisotopic (exact) mass is 976 g/mol. The number of carboxylic acids is 6. The number of fused-ring (bicyclic) bond motifs is 3. The van der Waals surface area contributed by atoms with Gasteiger partial charge in [-0.2, -0.15) is 0 Å². The molecular formula is C48H73N5O16. The summed E-state index contributed by atoms with van der Waals surface area (Å²) in [6, 6.07) is 11.6. The number of aliphatic hydroxyl groups is 2. The SMILES string of the molecule is CCCCN(CCCC)CCCNC(=O)c1ccc2[nH]c3ccc(C(=O)NCCCN(CCCC)CCCC)cc3c2c1.O=C(O)CC(O)(CC(=O)O)C(=O)O.O=C(O)CC(O)(CC(=O)O)C(=O)O. The fourth-order valence-electron chi connectivity index (χ4n) is 7.02. The van der Waals surface area contributed by atoms with Crippen molar-refractivity contribution in [1.82, 2.24) is 25.4 Å². The van der Waals surface area contributed by atoms with E-state index in [2.05, 4.69) is 53.1 Å². The number of benzene rings is 2. The van der Waals surface area contributed by atoms with Crippen LogP contribution in [0.1, 0.15) is 138 Å². The summed E-state index contributed by atoms with van der Waals surface area (Å²) in [7, 11) is 0. The summed E-state index contributed by atoms with van der Waals surface area (Å²) in [5.74, 6) is -10.1. The Balaban J connectivity index is 0.000000745. The van der Waals surface area contributed by atoms with Crippen molar-refractivity contribution in [3.63, 3.8) is 0 Å². The fourth-order valence-corrected chi connectivity index (χ4v) is 7.02. The van der Waals surface area contributed by atoms with Gasteiger partial charge in [0.05, 0.1) is 25.7 Å². The molecule has 21 nitrogen and oxygen atoms in total. The third-order valence-corrected chi connectivity index (χ3v) is 10.9. The van der Waals surface area contributed by atoms with Crippen LogP contribution in [-0.2, 0) is 28.8 Å². The predicted molar refractivity (Wildman–Crippen MR) is 256 cm³/mol. The molecule has 11 N–H and O–H groups in total. The normalized spacial score (nSPS) is 11.4. The lowest BCUT2D eigenvalue weighted by Gasteiger charge is -2.21. The van der Waals surface area contributed by atoms with Gasteiger partial charge in [0.25, 0.3) is 11.8 Å². The van der Waals surface area contributed by atoms with Gasteiger partial charge in [-0.15, -0.1) is 0 Å². The first-order valence-corrected chi connectivity index (χ1v) is 23.4. The summed E-state index contributed by atoms with van der Waals surface area (Å²) < 4.78 is 0. The number of hydrogen-bond acceptors (Lipinski definition) is 12. The Morgan fingerprint density at radius 3 is 0.986 bits per heavy atom. The number of carbonyl (C=O) groups is 8. The Hall–Kier alpha value is -6.16. The molecule has 0 unspecified atom stereocenters. The molecule has 386 valence electrons. The van der Waals surface area contributed by atoms with Crippen molar-refractivity contribution in [2.45, 2.75) is 129 Å². The molecule has 21 heteroatoms. The first-order chi connectivity index (χ1) is 32.6. The van der Waals surface area contributed by atoms with Crippen LogP contribution in [0.2, 0.25) is 0 Å². The second-order valence-electron chi connectivity index (χ2n) is 16.9. The van der Waals surface area contributed by atoms with Crippen molar-refractivity contribution >= 4 is 69.4 Å². The van der Waals surface area contributed by atoms with Crippen molar-refractivity contribution in [1.29, 1.82) is 0 Å². The number of nitrogens with zero attached hydrogens (tertiary/aromatic N) is 2. The lowest BCUT2D eigenvalue weighted by atomic mass is 9.96. The zero-order valence-corrected chi connectivity index (χ0v) is 40.3. The van der Waals surface area contributed by atoms with Crippen LogP contribution in [0.15, 0.2) is 36.4 Å². The fraction of sp³-hybridized carbons (Fsp3) is 0.583. The van der Waals surface area contributed by atoms with Crippen LogP contribution < -0.4 is 10.6 Å². The van der Waals surface area contributed by atoms with Gasteiger partial charge in [0.15, 0.2) is 11.2 Å². The number of unbranched alkanes of at least 4 members (excludes halogenated alkanes) is 4. The Morgan fingerprint density at radius 2 is 0.739 bits per heavy atom. The van der Waals surface area contributed by atoms with Crippen molar-refractivity contribution in [3.8, 4) is 0 Å². The number of rotatable bonds is 32. The van der Waals surface area contributed by atoms with Crippen molar-refractivity contribution in [2.75, 3.05) is 52.4 Å². The van der Waals surface area contributed by atoms with E-state index in [-0.39, 0.29) is 11.8 Å². The Kier molecular flexibility index (Phi) is 28.0. The topological polar surface area (TPSA) is 345 Å². The predicted octanol–water partition coefficient (Wildman–Crippen LogP) is 4.87. The number of H-pyrrole nitrogens is 1. The summed E-state index contributed by atoms with van der Waals surface area (Å²) in [5.41, 5.74) is -2.26.